The van der Waals surface area contributed by atoms with Crippen LogP contribution < -0.4 is 10.5 Å². The molecule has 4 heteroatoms. The van der Waals surface area contributed by atoms with E-state index in [-0.39, 0.29) is 6.10 Å². The molecule has 0 saturated heterocycles. The summed E-state index contributed by atoms with van der Waals surface area (Å²) in [6.07, 6.45) is 0.968. The van der Waals surface area contributed by atoms with Gasteiger partial charge >= 0.3 is 0 Å². The van der Waals surface area contributed by atoms with E-state index in [4.69, 9.17) is 26.8 Å². The average Bonchev–Trinajstić information content (AvgIpc) is 2.35. The molecule has 1 unspecified atom stereocenters. The molecular formula is C14H22ClNO2. The third kappa shape index (κ3) is 4.84. The summed E-state index contributed by atoms with van der Waals surface area (Å²) in [5.74, 6) is 0.862. The third-order valence-corrected chi connectivity index (χ3v) is 3.30. The number of ether oxygens (including phenoxy) is 2. The largest absolute Gasteiger partial charge is 0.493 e. The van der Waals surface area contributed by atoms with Gasteiger partial charge < -0.3 is 15.2 Å². The molecule has 0 amide bonds. The molecule has 0 fully saturated rings. The number of hydrogen-bond acceptors (Lipinski definition) is 3. The van der Waals surface area contributed by atoms with Crippen molar-refractivity contribution in [3.05, 3.63) is 28.3 Å². The molecule has 18 heavy (non-hydrogen) atoms. The van der Waals surface area contributed by atoms with Gasteiger partial charge in [0.15, 0.2) is 0 Å². The molecule has 1 aromatic carbocycles. The molecule has 0 heterocycles. The molecule has 1 rings (SSSR count). The first-order valence-electron chi connectivity index (χ1n) is 6.25. The van der Waals surface area contributed by atoms with Gasteiger partial charge in [0.1, 0.15) is 5.75 Å². The Balaban J connectivity index is 2.32. The Labute approximate surface area is 114 Å². The Morgan fingerprint density at radius 2 is 1.83 bits per heavy atom. The van der Waals surface area contributed by atoms with Crippen molar-refractivity contribution in [3.63, 3.8) is 0 Å². The third-order valence-electron chi connectivity index (χ3n) is 2.70. The number of halogens is 1. The van der Waals surface area contributed by atoms with Crippen LogP contribution in [-0.2, 0) is 4.74 Å². The van der Waals surface area contributed by atoms with Crippen molar-refractivity contribution in [2.24, 2.45) is 5.73 Å². The fourth-order valence-electron chi connectivity index (χ4n) is 1.59. The van der Waals surface area contributed by atoms with Gasteiger partial charge in [0.05, 0.1) is 19.3 Å². The van der Waals surface area contributed by atoms with Crippen LogP contribution in [0.3, 0.4) is 0 Å². The smallest absolute Gasteiger partial charge is 0.119 e. The molecule has 0 spiro atoms. The lowest BCUT2D eigenvalue weighted by molar-refractivity contribution is 0.0631. The number of benzene rings is 1. The molecule has 1 atom stereocenters. The van der Waals surface area contributed by atoms with Gasteiger partial charge in [-0.1, -0.05) is 11.6 Å². The Bertz CT molecular complexity index is 359. The lowest BCUT2D eigenvalue weighted by atomic mass is 10.1. The predicted octanol–water partition coefficient (Wildman–Crippen LogP) is 3.09. The zero-order valence-electron chi connectivity index (χ0n) is 11.3. The van der Waals surface area contributed by atoms with Crippen LogP contribution in [0.4, 0.5) is 0 Å². The highest BCUT2D eigenvalue weighted by Gasteiger charge is 2.03. The normalized spacial score (nSPS) is 12.5. The SMILES string of the molecule is Cc1cc(OCCCOC(C)CN)cc(C)c1Cl. The fourth-order valence-corrected chi connectivity index (χ4v) is 1.70. The quantitative estimate of drug-likeness (QED) is 0.775. The van der Waals surface area contributed by atoms with E-state index in [1.165, 1.54) is 0 Å². The van der Waals surface area contributed by atoms with Gasteiger partial charge in [-0.3, -0.25) is 0 Å². The lowest BCUT2D eigenvalue weighted by Crippen LogP contribution is -2.21. The summed E-state index contributed by atoms with van der Waals surface area (Å²) in [6.45, 7) is 7.79. The second kappa shape index (κ2) is 7.62. The van der Waals surface area contributed by atoms with Crippen LogP contribution in [0.25, 0.3) is 0 Å². The molecule has 3 nitrogen and oxygen atoms in total. The van der Waals surface area contributed by atoms with E-state index in [9.17, 15) is 0 Å². The van der Waals surface area contributed by atoms with E-state index < -0.39 is 0 Å². The molecule has 0 saturated carbocycles. The molecule has 0 aromatic heterocycles. The van der Waals surface area contributed by atoms with Crippen molar-refractivity contribution >= 4 is 11.6 Å². The van der Waals surface area contributed by atoms with Crippen LogP contribution in [-0.4, -0.2) is 25.9 Å². The van der Waals surface area contributed by atoms with Crippen LogP contribution >= 0.6 is 11.6 Å². The van der Waals surface area contributed by atoms with E-state index in [0.717, 1.165) is 28.3 Å². The van der Waals surface area contributed by atoms with Crippen molar-refractivity contribution < 1.29 is 9.47 Å². The van der Waals surface area contributed by atoms with Crippen molar-refractivity contribution in [3.8, 4) is 5.75 Å². The monoisotopic (exact) mass is 271 g/mol. The minimum Gasteiger partial charge on any atom is -0.493 e. The van der Waals surface area contributed by atoms with Crippen LogP contribution in [0.15, 0.2) is 12.1 Å². The number of aryl methyl sites for hydroxylation is 2. The minimum absolute atomic E-state index is 0.116. The van der Waals surface area contributed by atoms with E-state index in [2.05, 4.69) is 0 Å². The topological polar surface area (TPSA) is 44.5 Å². The van der Waals surface area contributed by atoms with Crippen LogP contribution in [0.1, 0.15) is 24.5 Å². The summed E-state index contributed by atoms with van der Waals surface area (Å²) in [4.78, 5) is 0. The summed E-state index contributed by atoms with van der Waals surface area (Å²) < 4.78 is 11.1. The van der Waals surface area contributed by atoms with Crippen molar-refractivity contribution in [2.75, 3.05) is 19.8 Å². The summed E-state index contributed by atoms with van der Waals surface area (Å²) >= 11 is 6.10. The number of rotatable bonds is 7. The maximum Gasteiger partial charge on any atom is 0.119 e. The minimum atomic E-state index is 0.116. The Hall–Kier alpha value is -0.770. The van der Waals surface area contributed by atoms with Gasteiger partial charge in [-0.15, -0.1) is 0 Å². The summed E-state index contributed by atoms with van der Waals surface area (Å²) in [6, 6.07) is 3.91. The Morgan fingerprint density at radius 3 is 2.39 bits per heavy atom. The lowest BCUT2D eigenvalue weighted by Gasteiger charge is -2.12. The van der Waals surface area contributed by atoms with Gasteiger partial charge in [0, 0.05) is 18.0 Å². The van der Waals surface area contributed by atoms with Gasteiger partial charge in [0.25, 0.3) is 0 Å². The molecule has 2 N–H and O–H groups in total. The van der Waals surface area contributed by atoms with Crippen LogP contribution in [0.2, 0.25) is 5.02 Å². The van der Waals surface area contributed by atoms with Gasteiger partial charge in [-0.25, -0.2) is 0 Å². The highest BCUT2D eigenvalue weighted by molar-refractivity contribution is 6.32. The second-order valence-electron chi connectivity index (χ2n) is 4.49. The van der Waals surface area contributed by atoms with Gasteiger partial charge in [-0.05, 0) is 44.0 Å². The first kappa shape index (κ1) is 15.3. The zero-order chi connectivity index (χ0) is 13.5. The van der Waals surface area contributed by atoms with Gasteiger partial charge in [0.2, 0.25) is 0 Å². The predicted molar refractivity (Wildman–Crippen MR) is 75.5 cm³/mol. The molecule has 0 radical (unpaired) electrons. The maximum absolute atomic E-state index is 6.10. The Morgan fingerprint density at radius 1 is 1.22 bits per heavy atom. The molecule has 0 aliphatic rings. The van der Waals surface area contributed by atoms with E-state index in [1.807, 2.05) is 32.9 Å². The van der Waals surface area contributed by atoms with Crippen LogP contribution in [0, 0.1) is 13.8 Å². The summed E-state index contributed by atoms with van der Waals surface area (Å²) in [5.41, 5.74) is 7.54. The van der Waals surface area contributed by atoms with E-state index >= 15 is 0 Å². The first-order chi connectivity index (χ1) is 8.54. The van der Waals surface area contributed by atoms with Crippen molar-refractivity contribution in [1.29, 1.82) is 0 Å². The fraction of sp³-hybridized carbons (Fsp3) is 0.571. The standard InChI is InChI=1S/C14H22ClNO2/c1-10-7-13(8-11(2)14(10)15)18-6-4-5-17-12(3)9-16/h7-8,12H,4-6,9,16H2,1-3H3. The Kier molecular flexibility index (Phi) is 6.47. The number of nitrogens with two attached hydrogens (primary N) is 1. The van der Waals surface area contributed by atoms with E-state index in [1.54, 1.807) is 0 Å². The first-order valence-corrected chi connectivity index (χ1v) is 6.63. The average molecular weight is 272 g/mol. The summed E-state index contributed by atoms with van der Waals surface area (Å²) in [5, 5.41) is 0.808. The molecular weight excluding hydrogens is 250 g/mol. The van der Waals surface area contributed by atoms with Crippen molar-refractivity contribution in [2.45, 2.75) is 33.3 Å². The molecule has 102 valence electrons. The second-order valence-corrected chi connectivity index (χ2v) is 4.87. The highest BCUT2D eigenvalue weighted by Crippen LogP contribution is 2.25. The molecule has 0 aliphatic heterocycles. The van der Waals surface area contributed by atoms with Crippen LogP contribution in [0.5, 0.6) is 5.75 Å². The molecule has 0 aliphatic carbocycles. The molecule has 1 aromatic rings. The van der Waals surface area contributed by atoms with Gasteiger partial charge in [-0.2, -0.15) is 0 Å². The highest BCUT2D eigenvalue weighted by atomic mass is 35.5. The maximum atomic E-state index is 6.10. The number of hydrogen-bond donors (Lipinski definition) is 1. The summed E-state index contributed by atoms with van der Waals surface area (Å²) in [7, 11) is 0. The van der Waals surface area contributed by atoms with E-state index in [0.29, 0.717) is 19.8 Å². The zero-order valence-corrected chi connectivity index (χ0v) is 12.1. The molecule has 0 bridgehead atoms. The van der Waals surface area contributed by atoms with Crippen molar-refractivity contribution in [1.82, 2.24) is 0 Å².